The third-order valence-electron chi connectivity index (χ3n) is 4.18. The number of amides is 1. The quantitative estimate of drug-likeness (QED) is 0.701. The summed E-state index contributed by atoms with van der Waals surface area (Å²) in [4.78, 5) is 30.3. The Morgan fingerprint density at radius 1 is 1.38 bits per heavy atom. The molecular formula is C20H22N6O3. The third kappa shape index (κ3) is 4.11. The number of alkyl carbamates (subject to hydrolysis) is 1. The highest BCUT2D eigenvalue weighted by molar-refractivity contribution is 5.84. The second kappa shape index (κ2) is 7.75. The highest BCUT2D eigenvalue weighted by atomic mass is 16.6. The molecule has 9 heteroatoms. The molecule has 0 spiro atoms. The number of aromatic nitrogens is 4. The number of rotatable bonds is 4. The molecule has 150 valence electrons. The molecule has 0 fully saturated rings. The Balaban J connectivity index is 2.20. The first kappa shape index (κ1) is 20.1. The molecule has 0 saturated heterocycles. The highest BCUT2D eigenvalue weighted by Gasteiger charge is 2.25. The molecule has 0 aliphatic carbocycles. The number of nitrogens with zero attached hydrogens (tertiary/aromatic N) is 4. The number of aromatic amines is 1. The Kier molecular flexibility index (Phi) is 5.37. The molecular weight excluding hydrogens is 372 g/mol. The van der Waals surface area contributed by atoms with Crippen molar-refractivity contribution in [1.29, 1.82) is 5.26 Å². The lowest BCUT2D eigenvalue weighted by Crippen LogP contribution is -2.38. The van der Waals surface area contributed by atoms with Gasteiger partial charge in [0.1, 0.15) is 23.3 Å². The summed E-state index contributed by atoms with van der Waals surface area (Å²) in [6.07, 6.45) is 1.36. The van der Waals surface area contributed by atoms with E-state index in [0.717, 1.165) is 0 Å². The van der Waals surface area contributed by atoms with Gasteiger partial charge in [-0.05, 0) is 39.3 Å². The molecule has 29 heavy (non-hydrogen) atoms. The van der Waals surface area contributed by atoms with E-state index in [0.29, 0.717) is 23.6 Å². The SMILES string of the molecule is CC[C@H](NC(=O)OC(C)(C)C)c1nc2cccc(C#N)c2c(=O)n1-c1ccn[nH]1. The predicted molar refractivity (Wildman–Crippen MR) is 107 cm³/mol. The van der Waals surface area contributed by atoms with Crippen LogP contribution in [-0.2, 0) is 4.74 Å². The number of ether oxygens (including phenoxy) is 1. The van der Waals surface area contributed by atoms with Crippen LogP contribution in [0.15, 0.2) is 35.3 Å². The van der Waals surface area contributed by atoms with Crippen molar-refractivity contribution in [3.63, 3.8) is 0 Å². The first-order valence-electron chi connectivity index (χ1n) is 9.20. The van der Waals surface area contributed by atoms with Crippen molar-refractivity contribution in [2.45, 2.75) is 45.8 Å². The van der Waals surface area contributed by atoms with Crippen molar-refractivity contribution in [1.82, 2.24) is 25.1 Å². The van der Waals surface area contributed by atoms with Crippen LogP contribution in [0.5, 0.6) is 0 Å². The van der Waals surface area contributed by atoms with E-state index in [9.17, 15) is 14.9 Å². The van der Waals surface area contributed by atoms with E-state index in [1.165, 1.54) is 10.8 Å². The number of H-pyrrole nitrogens is 1. The minimum Gasteiger partial charge on any atom is -0.444 e. The van der Waals surface area contributed by atoms with Gasteiger partial charge in [0.25, 0.3) is 5.56 Å². The third-order valence-corrected chi connectivity index (χ3v) is 4.18. The summed E-state index contributed by atoms with van der Waals surface area (Å²) in [7, 11) is 0. The van der Waals surface area contributed by atoms with Crippen molar-refractivity contribution >= 4 is 17.0 Å². The van der Waals surface area contributed by atoms with E-state index in [2.05, 4.69) is 20.5 Å². The largest absolute Gasteiger partial charge is 0.444 e. The summed E-state index contributed by atoms with van der Waals surface area (Å²) >= 11 is 0. The van der Waals surface area contributed by atoms with E-state index in [1.807, 2.05) is 13.0 Å². The molecule has 1 aromatic carbocycles. The van der Waals surface area contributed by atoms with Gasteiger partial charge in [-0.25, -0.2) is 14.3 Å². The zero-order valence-electron chi connectivity index (χ0n) is 16.7. The van der Waals surface area contributed by atoms with Gasteiger partial charge in [-0.3, -0.25) is 9.89 Å². The molecule has 0 aliphatic rings. The standard InChI is InChI=1S/C20H22N6O3/c1-5-13(24-19(28)29-20(2,3)4)17-23-14-8-6-7-12(11-21)16(14)18(27)26(17)15-9-10-22-25-15/h6-10,13H,5H2,1-4H3,(H,22,25)(H,24,28)/t13-/m0/s1. The summed E-state index contributed by atoms with van der Waals surface area (Å²) < 4.78 is 6.68. The molecule has 0 bridgehead atoms. The number of carbonyl (C=O) groups is 1. The van der Waals surface area contributed by atoms with E-state index in [-0.39, 0.29) is 10.9 Å². The number of carbonyl (C=O) groups excluding carboxylic acids is 1. The number of fused-ring (bicyclic) bond motifs is 1. The van der Waals surface area contributed by atoms with Gasteiger partial charge in [-0.2, -0.15) is 10.4 Å². The lowest BCUT2D eigenvalue weighted by Gasteiger charge is -2.24. The zero-order valence-corrected chi connectivity index (χ0v) is 16.7. The normalized spacial score (nSPS) is 12.4. The average Bonchev–Trinajstić information content (AvgIpc) is 3.18. The lowest BCUT2D eigenvalue weighted by molar-refractivity contribution is 0.0499. The molecule has 0 aliphatic heterocycles. The van der Waals surface area contributed by atoms with Crippen LogP contribution in [-0.4, -0.2) is 31.4 Å². The fourth-order valence-corrected chi connectivity index (χ4v) is 2.98. The van der Waals surface area contributed by atoms with Crippen LogP contribution < -0.4 is 10.9 Å². The van der Waals surface area contributed by atoms with Gasteiger partial charge in [0, 0.05) is 6.07 Å². The fourth-order valence-electron chi connectivity index (χ4n) is 2.98. The fraction of sp³-hybridized carbons (Fsp3) is 0.350. The maximum atomic E-state index is 13.3. The summed E-state index contributed by atoms with van der Waals surface area (Å²) in [5, 5.41) is 19.1. The van der Waals surface area contributed by atoms with E-state index < -0.39 is 23.3 Å². The summed E-state index contributed by atoms with van der Waals surface area (Å²) in [5.41, 5.74) is -0.475. The van der Waals surface area contributed by atoms with E-state index in [4.69, 9.17) is 4.74 Å². The topological polar surface area (TPSA) is 126 Å². The van der Waals surface area contributed by atoms with Crippen LogP contribution in [0.1, 0.15) is 51.5 Å². The van der Waals surface area contributed by atoms with Crippen LogP contribution in [0, 0.1) is 11.3 Å². The summed E-state index contributed by atoms with van der Waals surface area (Å²) in [6, 6.07) is 7.95. The monoisotopic (exact) mass is 394 g/mol. The second-order valence-electron chi connectivity index (χ2n) is 7.47. The predicted octanol–water partition coefficient (Wildman–Crippen LogP) is 2.96. The Hall–Kier alpha value is -3.67. The number of hydrogen-bond acceptors (Lipinski definition) is 6. The number of nitrogens with one attached hydrogen (secondary N) is 2. The van der Waals surface area contributed by atoms with Crippen LogP contribution >= 0.6 is 0 Å². The van der Waals surface area contributed by atoms with Crippen LogP contribution in [0.3, 0.4) is 0 Å². The van der Waals surface area contributed by atoms with Gasteiger partial charge in [-0.15, -0.1) is 0 Å². The minimum absolute atomic E-state index is 0.209. The van der Waals surface area contributed by atoms with Gasteiger partial charge in [-0.1, -0.05) is 13.0 Å². The molecule has 3 rings (SSSR count). The molecule has 0 radical (unpaired) electrons. The zero-order chi connectivity index (χ0) is 21.2. The maximum Gasteiger partial charge on any atom is 0.408 e. The van der Waals surface area contributed by atoms with Gasteiger partial charge in [0.05, 0.1) is 28.7 Å². The number of hydrogen-bond donors (Lipinski definition) is 2. The van der Waals surface area contributed by atoms with Crippen LogP contribution in [0.2, 0.25) is 0 Å². The Morgan fingerprint density at radius 3 is 2.72 bits per heavy atom. The molecule has 2 N–H and O–H groups in total. The lowest BCUT2D eigenvalue weighted by atomic mass is 10.1. The van der Waals surface area contributed by atoms with Crippen molar-refractivity contribution < 1.29 is 9.53 Å². The number of nitriles is 1. The Bertz CT molecular complexity index is 1140. The smallest absolute Gasteiger partial charge is 0.408 e. The first-order chi connectivity index (χ1) is 13.7. The molecule has 2 aromatic heterocycles. The van der Waals surface area contributed by atoms with Gasteiger partial charge >= 0.3 is 6.09 Å². The minimum atomic E-state index is -0.663. The van der Waals surface area contributed by atoms with Gasteiger partial charge in [0.15, 0.2) is 0 Å². The van der Waals surface area contributed by atoms with Crippen LogP contribution in [0.25, 0.3) is 16.7 Å². The van der Waals surface area contributed by atoms with Gasteiger partial charge < -0.3 is 10.1 Å². The van der Waals surface area contributed by atoms with Crippen molar-refractivity contribution in [2.75, 3.05) is 0 Å². The first-order valence-corrected chi connectivity index (χ1v) is 9.20. The van der Waals surface area contributed by atoms with Crippen molar-refractivity contribution in [3.8, 4) is 11.9 Å². The molecule has 0 saturated carbocycles. The summed E-state index contributed by atoms with van der Waals surface area (Å²) in [6.45, 7) is 7.17. The highest BCUT2D eigenvalue weighted by Crippen LogP contribution is 2.21. The second-order valence-corrected chi connectivity index (χ2v) is 7.47. The average molecular weight is 394 g/mol. The maximum absolute atomic E-state index is 13.3. The Labute approximate surface area is 167 Å². The van der Waals surface area contributed by atoms with E-state index >= 15 is 0 Å². The Morgan fingerprint density at radius 2 is 2.14 bits per heavy atom. The molecule has 0 unspecified atom stereocenters. The molecule has 9 nitrogen and oxygen atoms in total. The van der Waals surface area contributed by atoms with Gasteiger partial charge in [0.2, 0.25) is 0 Å². The van der Waals surface area contributed by atoms with Crippen molar-refractivity contribution in [3.05, 3.63) is 52.2 Å². The molecule has 1 atom stereocenters. The van der Waals surface area contributed by atoms with E-state index in [1.54, 1.807) is 45.0 Å². The van der Waals surface area contributed by atoms with Crippen LogP contribution in [0.4, 0.5) is 4.79 Å². The summed E-state index contributed by atoms with van der Waals surface area (Å²) in [5.74, 6) is 0.701. The molecule has 3 aromatic rings. The number of benzene rings is 1. The molecule has 1 amide bonds. The van der Waals surface area contributed by atoms with Crippen molar-refractivity contribution in [2.24, 2.45) is 0 Å². The molecule has 2 heterocycles.